The van der Waals surface area contributed by atoms with Crippen molar-refractivity contribution in [3.8, 4) is 0 Å². The van der Waals surface area contributed by atoms with E-state index in [2.05, 4.69) is 5.32 Å². The predicted molar refractivity (Wildman–Crippen MR) is 119 cm³/mol. The van der Waals surface area contributed by atoms with E-state index in [0.29, 0.717) is 24.5 Å². The van der Waals surface area contributed by atoms with E-state index in [1.807, 2.05) is 24.3 Å². The van der Waals surface area contributed by atoms with E-state index in [1.54, 1.807) is 54.9 Å². The fraction of sp³-hybridized carbons (Fsp3) is 0.318. The van der Waals surface area contributed by atoms with Gasteiger partial charge in [-0.15, -0.1) is 11.8 Å². The Kier molecular flexibility index (Phi) is 7.35. The van der Waals surface area contributed by atoms with Crippen molar-refractivity contribution in [3.63, 3.8) is 0 Å². The second-order valence-corrected chi connectivity index (χ2v) is 7.85. The minimum absolute atomic E-state index is 0.0516. The van der Waals surface area contributed by atoms with Crippen molar-refractivity contribution in [2.45, 2.75) is 24.7 Å². The molecule has 30 heavy (non-hydrogen) atoms. The highest BCUT2D eigenvalue weighted by molar-refractivity contribution is 7.99. The molecule has 0 saturated carbocycles. The van der Waals surface area contributed by atoms with Crippen molar-refractivity contribution in [1.29, 1.82) is 0 Å². The molecule has 0 aromatic heterocycles. The van der Waals surface area contributed by atoms with Crippen LogP contribution in [0.4, 0.5) is 21.9 Å². The third-order valence-corrected chi connectivity index (χ3v) is 5.72. The summed E-state index contributed by atoms with van der Waals surface area (Å²) in [5.74, 6) is 0.570. The highest BCUT2D eigenvalue weighted by Crippen LogP contribution is 2.34. The topological polar surface area (TPSA) is 79.0 Å². The van der Waals surface area contributed by atoms with Crippen LogP contribution in [0.2, 0.25) is 0 Å². The molecule has 3 amide bonds. The van der Waals surface area contributed by atoms with E-state index in [1.165, 1.54) is 4.90 Å². The van der Waals surface area contributed by atoms with Crippen molar-refractivity contribution in [1.82, 2.24) is 0 Å². The highest BCUT2D eigenvalue weighted by atomic mass is 32.2. The van der Waals surface area contributed by atoms with Crippen LogP contribution >= 0.6 is 11.8 Å². The summed E-state index contributed by atoms with van der Waals surface area (Å²) in [5.41, 5.74) is 2.18. The number of rotatable bonds is 6. The third-order valence-electron chi connectivity index (χ3n) is 4.68. The second-order valence-electron chi connectivity index (χ2n) is 6.71. The number of hydrogen-bond acceptors (Lipinski definition) is 5. The number of hydrogen-bond donors (Lipinski definition) is 1. The number of carbonyl (C=O) groups is 3. The number of anilines is 3. The van der Waals surface area contributed by atoms with Gasteiger partial charge in [-0.1, -0.05) is 12.1 Å². The van der Waals surface area contributed by atoms with Gasteiger partial charge in [-0.25, -0.2) is 4.79 Å². The molecule has 0 fully saturated rings. The average Bonchev–Trinajstić information content (AvgIpc) is 2.77. The number of para-hydroxylation sites is 1. The largest absolute Gasteiger partial charge is 0.449 e. The van der Waals surface area contributed by atoms with Crippen LogP contribution in [0.3, 0.4) is 0 Å². The van der Waals surface area contributed by atoms with Gasteiger partial charge in [-0.3, -0.25) is 14.5 Å². The molecule has 8 heteroatoms. The molecular formula is C22H25N3O4S. The maximum atomic E-state index is 12.6. The first-order valence-electron chi connectivity index (χ1n) is 9.82. The van der Waals surface area contributed by atoms with E-state index in [0.717, 1.165) is 16.3 Å². The van der Waals surface area contributed by atoms with Crippen LogP contribution in [0.25, 0.3) is 0 Å². The summed E-state index contributed by atoms with van der Waals surface area (Å²) in [4.78, 5) is 40.9. The van der Waals surface area contributed by atoms with Gasteiger partial charge in [0.2, 0.25) is 11.8 Å². The van der Waals surface area contributed by atoms with Gasteiger partial charge in [0.1, 0.15) is 0 Å². The van der Waals surface area contributed by atoms with E-state index in [9.17, 15) is 14.4 Å². The lowest BCUT2D eigenvalue weighted by molar-refractivity contribution is -0.122. The van der Waals surface area contributed by atoms with Gasteiger partial charge in [-0.2, -0.15) is 0 Å². The number of nitrogens with zero attached hydrogens (tertiary/aromatic N) is 2. The maximum Gasteiger partial charge on any atom is 0.413 e. The molecule has 2 aromatic carbocycles. The van der Waals surface area contributed by atoms with Gasteiger partial charge >= 0.3 is 6.09 Å². The lowest BCUT2D eigenvalue weighted by Gasteiger charge is -2.29. The molecule has 1 heterocycles. The summed E-state index contributed by atoms with van der Waals surface area (Å²) in [6.07, 6.45) is -0.186. The van der Waals surface area contributed by atoms with Gasteiger partial charge in [0, 0.05) is 48.5 Å². The molecule has 0 spiro atoms. The summed E-state index contributed by atoms with van der Waals surface area (Å²) in [7, 11) is 1.62. The molecular weight excluding hydrogens is 402 g/mol. The van der Waals surface area contributed by atoms with Gasteiger partial charge < -0.3 is 15.0 Å². The average molecular weight is 428 g/mol. The van der Waals surface area contributed by atoms with Crippen LogP contribution in [0, 0.1) is 0 Å². The maximum absolute atomic E-state index is 12.6. The third kappa shape index (κ3) is 5.33. The fourth-order valence-corrected chi connectivity index (χ4v) is 4.10. The molecule has 0 bridgehead atoms. The van der Waals surface area contributed by atoms with Crippen molar-refractivity contribution in [2.75, 3.05) is 41.1 Å². The van der Waals surface area contributed by atoms with Gasteiger partial charge in [0.25, 0.3) is 0 Å². The quantitative estimate of drug-likeness (QED) is 0.750. The molecule has 158 valence electrons. The van der Waals surface area contributed by atoms with Crippen LogP contribution in [0.1, 0.15) is 19.8 Å². The van der Waals surface area contributed by atoms with E-state index < -0.39 is 6.09 Å². The first-order chi connectivity index (χ1) is 14.5. The summed E-state index contributed by atoms with van der Waals surface area (Å²) in [6, 6.07) is 14.7. The Morgan fingerprint density at radius 1 is 1.10 bits per heavy atom. The Bertz CT molecular complexity index is 917. The van der Waals surface area contributed by atoms with Crippen molar-refractivity contribution >= 4 is 46.7 Å². The molecule has 1 aliphatic rings. The molecule has 0 unspecified atom stereocenters. The molecule has 1 aliphatic heterocycles. The molecule has 3 rings (SSSR count). The predicted octanol–water partition coefficient (Wildman–Crippen LogP) is 4.14. The minimum Gasteiger partial charge on any atom is -0.449 e. The number of fused-ring (bicyclic) bond motifs is 1. The summed E-state index contributed by atoms with van der Waals surface area (Å²) in [5, 5.41) is 2.79. The number of thioether (sulfide) groups is 1. The molecule has 0 aliphatic carbocycles. The second kappa shape index (κ2) is 10.2. The monoisotopic (exact) mass is 427 g/mol. The smallest absolute Gasteiger partial charge is 0.413 e. The number of ether oxygens (including phenoxy) is 1. The summed E-state index contributed by atoms with van der Waals surface area (Å²) < 4.78 is 4.96. The zero-order valence-corrected chi connectivity index (χ0v) is 17.9. The van der Waals surface area contributed by atoms with E-state index >= 15 is 0 Å². The van der Waals surface area contributed by atoms with Crippen molar-refractivity contribution < 1.29 is 19.1 Å². The van der Waals surface area contributed by atoms with E-state index in [4.69, 9.17) is 4.74 Å². The van der Waals surface area contributed by atoms with Gasteiger partial charge in [-0.05, 0) is 43.3 Å². The van der Waals surface area contributed by atoms with Crippen molar-refractivity contribution in [3.05, 3.63) is 48.5 Å². The number of nitrogens with one attached hydrogen (secondary N) is 1. The normalized spacial score (nSPS) is 12.7. The molecule has 0 saturated heterocycles. The number of amides is 3. The minimum atomic E-state index is -0.439. The standard InChI is InChI=1S/C22H25N3O4S/c1-3-29-22(28)24(2)17-10-8-16(9-11-17)23-20(26)12-13-21(27)25-14-15-30-19-7-5-4-6-18(19)25/h4-11H,3,12-15H2,1-2H3,(H,23,26). The zero-order valence-electron chi connectivity index (χ0n) is 17.1. The molecule has 7 nitrogen and oxygen atoms in total. The molecule has 0 radical (unpaired) electrons. The zero-order chi connectivity index (χ0) is 21.5. The first kappa shape index (κ1) is 21.7. The molecule has 0 atom stereocenters. The van der Waals surface area contributed by atoms with Crippen LogP contribution < -0.4 is 15.1 Å². The van der Waals surface area contributed by atoms with Crippen LogP contribution in [0.15, 0.2) is 53.4 Å². The Balaban J connectivity index is 1.51. The van der Waals surface area contributed by atoms with Crippen LogP contribution in [0.5, 0.6) is 0 Å². The van der Waals surface area contributed by atoms with E-state index in [-0.39, 0.29) is 24.7 Å². The van der Waals surface area contributed by atoms with Gasteiger partial charge in [0.05, 0.1) is 12.3 Å². The Hall–Kier alpha value is -3.00. The lowest BCUT2D eigenvalue weighted by Crippen LogP contribution is -2.35. The Morgan fingerprint density at radius 2 is 1.83 bits per heavy atom. The Labute approximate surface area is 180 Å². The van der Waals surface area contributed by atoms with Crippen LogP contribution in [-0.2, 0) is 14.3 Å². The lowest BCUT2D eigenvalue weighted by atomic mass is 10.2. The molecule has 1 N–H and O–H groups in total. The van der Waals surface area contributed by atoms with Crippen molar-refractivity contribution in [2.24, 2.45) is 0 Å². The number of benzene rings is 2. The Morgan fingerprint density at radius 3 is 2.57 bits per heavy atom. The molecule has 2 aromatic rings. The number of carbonyl (C=O) groups excluding carboxylic acids is 3. The SMILES string of the molecule is CCOC(=O)N(C)c1ccc(NC(=O)CCC(=O)N2CCSc3ccccc32)cc1. The first-order valence-corrected chi connectivity index (χ1v) is 10.8. The summed E-state index contributed by atoms with van der Waals surface area (Å²) in [6.45, 7) is 2.70. The highest BCUT2D eigenvalue weighted by Gasteiger charge is 2.23. The fourth-order valence-electron chi connectivity index (χ4n) is 3.10. The van der Waals surface area contributed by atoms with Crippen LogP contribution in [-0.4, -0.2) is 43.9 Å². The van der Waals surface area contributed by atoms with Gasteiger partial charge in [0.15, 0.2) is 0 Å². The summed E-state index contributed by atoms with van der Waals surface area (Å²) >= 11 is 1.74.